The third-order valence-corrected chi connectivity index (χ3v) is 6.88. The molecule has 0 bridgehead atoms. The third kappa shape index (κ3) is 6.04. The minimum atomic E-state index is 0.989. The van der Waals surface area contributed by atoms with Crippen molar-refractivity contribution in [1.29, 1.82) is 0 Å². The number of hydrogen-bond donors (Lipinski definition) is 0. The van der Waals surface area contributed by atoms with E-state index in [1.807, 2.05) is 49.1 Å². The molecule has 2 nitrogen and oxygen atoms in total. The normalized spacial score (nSPS) is 11.4. The molecule has 3 aromatic carbocycles. The van der Waals surface area contributed by atoms with Gasteiger partial charge in [0.2, 0.25) is 0 Å². The Hall–Kier alpha value is -4.56. The number of rotatable bonds is 8. The van der Waals surface area contributed by atoms with E-state index < -0.39 is 0 Å². The highest BCUT2D eigenvalue weighted by Crippen LogP contribution is 2.34. The van der Waals surface area contributed by atoms with Gasteiger partial charge < -0.3 is 0 Å². The smallest absolute Gasteiger partial charge is 0.0273 e. The first-order valence-corrected chi connectivity index (χ1v) is 13.3. The highest BCUT2D eigenvalue weighted by Gasteiger charge is 2.11. The standard InChI is InChI=1S/C36H32N2/c1-3-31-25-36(34-15-11-28(12-16-34)6-8-30-19-23-38-24-20-30)32(4-2)26-35(31)33-13-9-27(10-14-33)5-7-29-17-21-37-22-18-29/h5-26H,3-4H2,1-2H3/b7-5+,8-6+. The highest BCUT2D eigenvalue weighted by atomic mass is 14.6. The van der Waals surface area contributed by atoms with Gasteiger partial charge in [0.05, 0.1) is 0 Å². The molecule has 2 heteroatoms. The molecule has 0 atom stereocenters. The molecule has 5 rings (SSSR count). The maximum absolute atomic E-state index is 4.08. The van der Waals surface area contributed by atoms with Crippen molar-refractivity contribution in [3.63, 3.8) is 0 Å². The van der Waals surface area contributed by atoms with Crippen LogP contribution in [-0.2, 0) is 12.8 Å². The molecule has 0 aliphatic rings. The minimum Gasteiger partial charge on any atom is -0.265 e. The topological polar surface area (TPSA) is 25.8 Å². The Balaban J connectivity index is 1.39. The summed E-state index contributed by atoms with van der Waals surface area (Å²) in [4.78, 5) is 8.17. The van der Waals surface area contributed by atoms with E-state index in [1.54, 1.807) is 0 Å². The van der Waals surface area contributed by atoms with Gasteiger partial charge in [0.25, 0.3) is 0 Å². The molecule has 5 aromatic rings. The van der Waals surface area contributed by atoms with Gasteiger partial charge in [0.1, 0.15) is 0 Å². The van der Waals surface area contributed by atoms with Crippen LogP contribution in [0.4, 0.5) is 0 Å². The molecule has 0 saturated carbocycles. The molecule has 0 radical (unpaired) electrons. The van der Waals surface area contributed by atoms with Gasteiger partial charge in [-0.1, -0.05) is 98.8 Å². The van der Waals surface area contributed by atoms with Crippen molar-refractivity contribution in [2.75, 3.05) is 0 Å². The van der Waals surface area contributed by atoms with Gasteiger partial charge >= 0.3 is 0 Å². The summed E-state index contributed by atoms with van der Waals surface area (Å²) >= 11 is 0. The summed E-state index contributed by atoms with van der Waals surface area (Å²) in [6.07, 6.45) is 17.8. The number of aryl methyl sites for hydroxylation is 2. The van der Waals surface area contributed by atoms with Gasteiger partial charge in [-0.2, -0.15) is 0 Å². The molecule has 38 heavy (non-hydrogen) atoms. The van der Waals surface area contributed by atoms with E-state index in [4.69, 9.17) is 0 Å². The molecular formula is C36H32N2. The Morgan fingerprint density at radius 3 is 1.08 bits per heavy atom. The van der Waals surface area contributed by atoms with E-state index in [9.17, 15) is 0 Å². The first-order chi connectivity index (χ1) is 18.7. The van der Waals surface area contributed by atoms with Gasteiger partial charge in [0.15, 0.2) is 0 Å². The minimum absolute atomic E-state index is 0.989. The van der Waals surface area contributed by atoms with Crippen LogP contribution in [0.2, 0.25) is 0 Å². The molecular weight excluding hydrogens is 460 g/mol. The number of nitrogens with zero attached hydrogens (tertiary/aromatic N) is 2. The van der Waals surface area contributed by atoms with Crippen LogP contribution in [0.3, 0.4) is 0 Å². The van der Waals surface area contributed by atoms with Crippen LogP contribution in [0.1, 0.15) is 47.2 Å². The molecule has 0 amide bonds. The maximum Gasteiger partial charge on any atom is 0.0273 e. The zero-order chi connectivity index (χ0) is 26.2. The van der Waals surface area contributed by atoms with Crippen molar-refractivity contribution in [3.05, 3.63) is 143 Å². The van der Waals surface area contributed by atoms with Gasteiger partial charge in [-0.25, -0.2) is 0 Å². The van der Waals surface area contributed by atoms with Crippen LogP contribution in [0.5, 0.6) is 0 Å². The SMILES string of the molecule is CCc1cc(-c2ccc(/C=C/c3ccncc3)cc2)c(CC)cc1-c1ccc(/C=C/c2ccncc2)cc1. The monoisotopic (exact) mass is 492 g/mol. The lowest BCUT2D eigenvalue weighted by molar-refractivity contribution is 1.10. The zero-order valence-corrected chi connectivity index (χ0v) is 22.0. The predicted molar refractivity (Wildman–Crippen MR) is 162 cm³/mol. The molecule has 0 aliphatic heterocycles. The highest BCUT2D eigenvalue weighted by molar-refractivity contribution is 5.79. The summed E-state index contributed by atoms with van der Waals surface area (Å²) in [5.74, 6) is 0. The molecule has 0 saturated heterocycles. The van der Waals surface area contributed by atoms with E-state index in [0.29, 0.717) is 0 Å². The van der Waals surface area contributed by atoms with Crippen molar-refractivity contribution in [3.8, 4) is 22.3 Å². The first kappa shape index (κ1) is 25.1. The molecule has 0 unspecified atom stereocenters. The summed E-state index contributed by atoms with van der Waals surface area (Å²) in [6.45, 7) is 4.49. The van der Waals surface area contributed by atoms with Gasteiger partial charge in [-0.3, -0.25) is 9.97 Å². The van der Waals surface area contributed by atoms with Crippen LogP contribution < -0.4 is 0 Å². The van der Waals surface area contributed by atoms with Crippen LogP contribution in [0, 0.1) is 0 Å². The fourth-order valence-electron chi connectivity index (χ4n) is 4.69. The van der Waals surface area contributed by atoms with Crippen LogP contribution in [0.15, 0.2) is 110 Å². The molecule has 0 aliphatic carbocycles. The van der Waals surface area contributed by atoms with E-state index in [-0.39, 0.29) is 0 Å². The van der Waals surface area contributed by atoms with Crippen molar-refractivity contribution in [2.45, 2.75) is 26.7 Å². The molecule has 0 fully saturated rings. The Bertz CT molecular complexity index is 1410. The largest absolute Gasteiger partial charge is 0.265 e. The predicted octanol–water partition coefficient (Wildman–Crippen LogP) is 9.28. The third-order valence-electron chi connectivity index (χ3n) is 6.88. The summed E-state index contributed by atoms with van der Waals surface area (Å²) in [5.41, 5.74) is 12.6. The Morgan fingerprint density at radius 2 is 0.763 bits per heavy atom. The van der Waals surface area contributed by atoms with E-state index >= 15 is 0 Å². The Morgan fingerprint density at radius 1 is 0.447 bits per heavy atom. The first-order valence-electron chi connectivity index (χ1n) is 13.3. The quantitative estimate of drug-likeness (QED) is 0.216. The van der Waals surface area contributed by atoms with E-state index in [1.165, 1.54) is 44.5 Å². The zero-order valence-electron chi connectivity index (χ0n) is 22.0. The fourth-order valence-corrected chi connectivity index (χ4v) is 4.69. The fraction of sp³-hybridized carbons (Fsp3) is 0.111. The molecule has 0 N–H and O–H groups in total. The van der Waals surface area contributed by atoms with Crippen LogP contribution in [-0.4, -0.2) is 9.97 Å². The van der Waals surface area contributed by atoms with Crippen LogP contribution >= 0.6 is 0 Å². The summed E-state index contributed by atoms with van der Waals surface area (Å²) in [7, 11) is 0. The van der Waals surface area contributed by atoms with Crippen molar-refractivity contribution in [2.24, 2.45) is 0 Å². The second kappa shape index (κ2) is 12.1. The molecule has 2 heterocycles. The van der Waals surface area contributed by atoms with Crippen molar-refractivity contribution < 1.29 is 0 Å². The second-order valence-electron chi connectivity index (χ2n) is 9.35. The lowest BCUT2D eigenvalue weighted by Crippen LogP contribution is -1.95. The number of aromatic nitrogens is 2. The summed E-state index contributed by atoms with van der Waals surface area (Å²) < 4.78 is 0. The Labute approximate surface area is 226 Å². The van der Waals surface area contributed by atoms with Crippen molar-refractivity contribution >= 4 is 24.3 Å². The average molecular weight is 493 g/mol. The van der Waals surface area contributed by atoms with Gasteiger partial charge in [-0.15, -0.1) is 0 Å². The summed E-state index contributed by atoms with van der Waals surface area (Å²) in [6, 6.07) is 30.6. The van der Waals surface area contributed by atoms with Gasteiger partial charge in [0, 0.05) is 24.8 Å². The average Bonchev–Trinajstić information content (AvgIpc) is 3.00. The van der Waals surface area contributed by atoms with E-state index in [2.05, 4.69) is 109 Å². The van der Waals surface area contributed by atoms with E-state index in [0.717, 1.165) is 24.0 Å². The summed E-state index contributed by atoms with van der Waals surface area (Å²) in [5, 5.41) is 0. The maximum atomic E-state index is 4.08. The lowest BCUT2D eigenvalue weighted by Gasteiger charge is -2.16. The second-order valence-corrected chi connectivity index (χ2v) is 9.35. The lowest BCUT2D eigenvalue weighted by atomic mass is 9.88. The Kier molecular flexibility index (Phi) is 8.01. The molecule has 186 valence electrons. The number of hydrogen-bond acceptors (Lipinski definition) is 2. The van der Waals surface area contributed by atoms with Crippen molar-refractivity contribution in [1.82, 2.24) is 9.97 Å². The molecule has 2 aromatic heterocycles. The van der Waals surface area contributed by atoms with Gasteiger partial charge in [-0.05, 0) is 92.7 Å². The number of benzene rings is 3. The van der Waals surface area contributed by atoms with Crippen LogP contribution in [0.25, 0.3) is 46.6 Å². The number of pyridine rings is 2. The molecule has 0 spiro atoms.